The van der Waals surface area contributed by atoms with Gasteiger partial charge >= 0.3 is 6.09 Å². The smallest absolute Gasteiger partial charge is 0.410 e. The number of ether oxygens (including phenoxy) is 1. The number of amides is 1. The third kappa shape index (κ3) is 3.41. The number of rotatable bonds is 1. The Morgan fingerprint density at radius 3 is 2.46 bits per heavy atom. The van der Waals surface area contributed by atoms with Crippen molar-refractivity contribution in [1.82, 2.24) is 4.90 Å². The van der Waals surface area contributed by atoms with E-state index in [1.807, 2.05) is 52.8 Å². The van der Waals surface area contributed by atoms with Crippen molar-refractivity contribution in [3.63, 3.8) is 0 Å². The van der Waals surface area contributed by atoms with E-state index in [4.69, 9.17) is 11.3 Å². The standard InChI is InChI=1S/C23H30N2O3/c1-21(2,3)28-20(27)25-13-12-18-22(4,5)19(26)17(24-6)14-23(18,15-25)16-10-8-7-9-11-16/h7-11,17-18H,12-15H2,1-5H3/t17?,18-,23+/m0/s1. The lowest BCUT2D eigenvalue weighted by Gasteiger charge is -2.56. The van der Waals surface area contributed by atoms with Gasteiger partial charge in [-0.2, -0.15) is 0 Å². The average molecular weight is 383 g/mol. The highest BCUT2D eigenvalue weighted by Gasteiger charge is 2.62. The Morgan fingerprint density at radius 2 is 1.89 bits per heavy atom. The number of carbonyl (C=O) groups is 2. The van der Waals surface area contributed by atoms with Crippen LogP contribution in [0.3, 0.4) is 0 Å². The first-order chi connectivity index (χ1) is 13.0. The van der Waals surface area contributed by atoms with E-state index in [1.165, 1.54) is 0 Å². The zero-order valence-electron chi connectivity index (χ0n) is 17.5. The van der Waals surface area contributed by atoms with Crippen molar-refractivity contribution in [3.05, 3.63) is 47.3 Å². The first-order valence-electron chi connectivity index (χ1n) is 9.95. The molecule has 2 aliphatic rings. The van der Waals surface area contributed by atoms with Crippen molar-refractivity contribution < 1.29 is 14.3 Å². The molecule has 1 aromatic rings. The number of ketones is 1. The highest BCUT2D eigenvalue weighted by molar-refractivity contribution is 5.92. The summed E-state index contributed by atoms with van der Waals surface area (Å²) in [5, 5.41) is 0. The molecule has 1 aliphatic carbocycles. The second-order valence-corrected chi connectivity index (χ2v) is 9.70. The molecule has 0 spiro atoms. The summed E-state index contributed by atoms with van der Waals surface area (Å²) in [6, 6.07) is 9.41. The minimum atomic E-state index is -0.676. The first kappa shape index (κ1) is 20.4. The van der Waals surface area contributed by atoms with E-state index in [9.17, 15) is 9.59 Å². The fraction of sp³-hybridized carbons (Fsp3) is 0.609. The van der Waals surface area contributed by atoms with Crippen LogP contribution in [-0.4, -0.2) is 41.5 Å². The van der Waals surface area contributed by atoms with Crippen molar-refractivity contribution >= 4 is 11.9 Å². The monoisotopic (exact) mass is 382 g/mol. The molecule has 5 heteroatoms. The van der Waals surface area contributed by atoms with Crippen LogP contribution in [0.4, 0.5) is 4.79 Å². The van der Waals surface area contributed by atoms with Crippen LogP contribution in [0.25, 0.3) is 4.85 Å². The summed E-state index contributed by atoms with van der Waals surface area (Å²) >= 11 is 0. The average Bonchev–Trinajstić information content (AvgIpc) is 2.64. The van der Waals surface area contributed by atoms with Crippen LogP contribution in [0.1, 0.15) is 53.0 Å². The predicted molar refractivity (Wildman–Crippen MR) is 108 cm³/mol. The van der Waals surface area contributed by atoms with Gasteiger partial charge < -0.3 is 14.5 Å². The van der Waals surface area contributed by atoms with Gasteiger partial charge in [-0.25, -0.2) is 11.4 Å². The van der Waals surface area contributed by atoms with Crippen molar-refractivity contribution in [3.8, 4) is 0 Å². The lowest BCUT2D eigenvalue weighted by Crippen LogP contribution is -2.64. The Hall–Kier alpha value is -2.35. The maximum atomic E-state index is 13.0. The van der Waals surface area contributed by atoms with Gasteiger partial charge in [-0.05, 0) is 38.7 Å². The van der Waals surface area contributed by atoms with Crippen LogP contribution in [-0.2, 0) is 14.9 Å². The summed E-state index contributed by atoms with van der Waals surface area (Å²) in [6.45, 7) is 18.2. The molecule has 1 amide bonds. The molecule has 28 heavy (non-hydrogen) atoms. The molecule has 1 heterocycles. The van der Waals surface area contributed by atoms with E-state index in [2.05, 4.69) is 17.0 Å². The van der Waals surface area contributed by atoms with Gasteiger partial charge in [0.2, 0.25) is 5.78 Å². The zero-order chi connectivity index (χ0) is 20.7. The molecule has 1 unspecified atom stereocenters. The van der Waals surface area contributed by atoms with Crippen molar-refractivity contribution in [1.29, 1.82) is 0 Å². The van der Waals surface area contributed by atoms with Gasteiger partial charge in [0.05, 0.1) is 0 Å². The third-order valence-corrected chi connectivity index (χ3v) is 6.35. The second kappa shape index (κ2) is 6.92. The van der Waals surface area contributed by atoms with Crippen LogP contribution in [0.15, 0.2) is 30.3 Å². The number of carbonyl (C=O) groups excluding carboxylic acids is 2. The lowest BCUT2D eigenvalue weighted by atomic mass is 9.49. The van der Waals surface area contributed by atoms with E-state index < -0.39 is 22.5 Å². The molecule has 3 rings (SSSR count). The van der Waals surface area contributed by atoms with Gasteiger partial charge in [0, 0.05) is 30.3 Å². The summed E-state index contributed by atoms with van der Waals surface area (Å²) in [6.07, 6.45) is 0.847. The van der Waals surface area contributed by atoms with E-state index >= 15 is 0 Å². The second-order valence-electron chi connectivity index (χ2n) is 9.70. The van der Waals surface area contributed by atoms with E-state index in [0.717, 1.165) is 12.0 Å². The molecule has 3 atom stereocenters. The highest BCUT2D eigenvalue weighted by Crippen LogP contribution is 2.55. The molecule has 1 aliphatic heterocycles. The number of Topliss-reactive ketones (excluding diaryl/α,β-unsaturated/α-hetero) is 1. The van der Waals surface area contributed by atoms with Crippen LogP contribution in [0.5, 0.6) is 0 Å². The molecular weight excluding hydrogens is 352 g/mol. The molecule has 1 saturated heterocycles. The molecular formula is C23H30N2O3. The Morgan fingerprint density at radius 1 is 1.25 bits per heavy atom. The van der Waals surface area contributed by atoms with E-state index in [-0.39, 0.29) is 17.8 Å². The maximum Gasteiger partial charge on any atom is 0.410 e. The number of likely N-dealkylation sites (tertiary alicyclic amines) is 1. The van der Waals surface area contributed by atoms with Crippen molar-refractivity contribution in [2.24, 2.45) is 11.3 Å². The Labute approximate surface area is 167 Å². The number of hydrogen-bond acceptors (Lipinski definition) is 3. The fourth-order valence-electron chi connectivity index (χ4n) is 5.16. The van der Waals surface area contributed by atoms with Gasteiger partial charge in [0.15, 0.2) is 0 Å². The molecule has 1 aromatic carbocycles. The van der Waals surface area contributed by atoms with Gasteiger partial charge in [0.1, 0.15) is 5.60 Å². The zero-order valence-corrected chi connectivity index (χ0v) is 17.5. The normalized spacial score (nSPS) is 29.6. The molecule has 0 radical (unpaired) electrons. The Balaban J connectivity index is 2.06. The Bertz CT molecular complexity index is 803. The van der Waals surface area contributed by atoms with Crippen LogP contribution in [0, 0.1) is 17.9 Å². The quantitative estimate of drug-likeness (QED) is 0.674. The van der Waals surface area contributed by atoms with Crippen LogP contribution >= 0.6 is 0 Å². The number of fused-ring (bicyclic) bond motifs is 1. The number of nitrogens with zero attached hydrogens (tertiary/aromatic N) is 2. The maximum absolute atomic E-state index is 13.0. The minimum absolute atomic E-state index is 0.0322. The molecule has 150 valence electrons. The molecule has 2 fully saturated rings. The summed E-state index contributed by atoms with van der Waals surface area (Å²) in [7, 11) is 0. The number of hydrogen-bond donors (Lipinski definition) is 0. The lowest BCUT2D eigenvalue weighted by molar-refractivity contribution is -0.140. The highest BCUT2D eigenvalue weighted by atomic mass is 16.6. The minimum Gasteiger partial charge on any atom is -0.444 e. The molecule has 0 bridgehead atoms. The van der Waals surface area contributed by atoms with Gasteiger partial charge in [-0.1, -0.05) is 44.2 Å². The SMILES string of the molecule is [C-]#[N+]C1C[C@]2(c3ccccc3)CN(C(=O)OC(C)(C)C)CC[C@H]2C(C)(C)C1=O. The van der Waals surface area contributed by atoms with Crippen molar-refractivity contribution in [2.75, 3.05) is 13.1 Å². The summed E-state index contributed by atoms with van der Waals surface area (Å²) in [4.78, 5) is 31.3. The predicted octanol–water partition coefficient (Wildman–Crippen LogP) is 4.47. The van der Waals surface area contributed by atoms with Gasteiger partial charge in [0.25, 0.3) is 6.04 Å². The third-order valence-electron chi connectivity index (χ3n) is 6.35. The van der Waals surface area contributed by atoms with Gasteiger partial charge in [-0.15, -0.1) is 0 Å². The number of piperidine rings is 1. The summed E-state index contributed by atoms with van der Waals surface area (Å²) in [5.74, 6) is 0.108. The largest absolute Gasteiger partial charge is 0.444 e. The molecule has 0 aromatic heterocycles. The fourth-order valence-corrected chi connectivity index (χ4v) is 5.16. The Kier molecular flexibility index (Phi) is 5.04. The first-order valence-corrected chi connectivity index (χ1v) is 9.95. The van der Waals surface area contributed by atoms with E-state index in [0.29, 0.717) is 19.5 Å². The topological polar surface area (TPSA) is 51.0 Å². The molecule has 5 nitrogen and oxygen atoms in total. The van der Waals surface area contributed by atoms with Gasteiger partial charge in [-0.3, -0.25) is 4.79 Å². The molecule has 0 N–H and O–H groups in total. The van der Waals surface area contributed by atoms with Crippen LogP contribution in [0.2, 0.25) is 0 Å². The van der Waals surface area contributed by atoms with E-state index in [1.54, 1.807) is 4.90 Å². The number of benzene rings is 1. The summed E-state index contributed by atoms with van der Waals surface area (Å²) in [5.41, 5.74) is -0.497. The van der Waals surface area contributed by atoms with Crippen LogP contribution < -0.4 is 0 Å². The summed E-state index contributed by atoms with van der Waals surface area (Å²) < 4.78 is 5.62. The van der Waals surface area contributed by atoms with Crippen molar-refractivity contribution in [2.45, 2.75) is 64.5 Å². The molecule has 1 saturated carbocycles.